The summed E-state index contributed by atoms with van der Waals surface area (Å²) >= 11 is 0. The van der Waals surface area contributed by atoms with Crippen LogP contribution in [0.1, 0.15) is 5.56 Å². The Labute approximate surface area is 117 Å². The summed E-state index contributed by atoms with van der Waals surface area (Å²) in [5.41, 5.74) is 1.07. The maximum absolute atomic E-state index is 10.9. The lowest BCUT2D eigenvalue weighted by Crippen LogP contribution is -2.41. The zero-order valence-electron chi connectivity index (χ0n) is 11.4. The third kappa shape index (κ3) is 3.85. The van der Waals surface area contributed by atoms with Gasteiger partial charge in [-0.1, -0.05) is 6.07 Å². The quantitative estimate of drug-likeness (QED) is 0.765. The highest BCUT2D eigenvalue weighted by molar-refractivity contribution is 5.73. The molecule has 0 radical (unpaired) electrons. The maximum Gasteiger partial charge on any atom is 0.323 e. The second-order valence-corrected chi connectivity index (χ2v) is 4.53. The van der Waals surface area contributed by atoms with Gasteiger partial charge in [0.15, 0.2) is 11.5 Å². The highest BCUT2D eigenvalue weighted by atomic mass is 16.6. The molecular formula is C14H19NO5. The van der Waals surface area contributed by atoms with E-state index in [2.05, 4.69) is 5.32 Å². The van der Waals surface area contributed by atoms with Crippen molar-refractivity contribution in [3.63, 3.8) is 0 Å². The number of rotatable bonds is 7. The van der Waals surface area contributed by atoms with Crippen molar-refractivity contribution in [1.29, 1.82) is 0 Å². The highest BCUT2D eigenvalue weighted by Gasteiger charge is 2.16. The molecule has 1 aliphatic heterocycles. The van der Waals surface area contributed by atoms with Crippen LogP contribution in [0, 0.1) is 0 Å². The Balaban J connectivity index is 1.86. The summed E-state index contributed by atoms with van der Waals surface area (Å²) in [6.45, 7) is 1.84. The number of carbonyl (C=O) groups is 1. The predicted molar refractivity (Wildman–Crippen MR) is 72.4 cm³/mol. The number of nitrogens with one attached hydrogen (secondary N) is 1. The van der Waals surface area contributed by atoms with Gasteiger partial charge in [0, 0.05) is 13.7 Å². The van der Waals surface area contributed by atoms with Crippen LogP contribution < -0.4 is 14.8 Å². The molecule has 20 heavy (non-hydrogen) atoms. The van der Waals surface area contributed by atoms with Gasteiger partial charge in [0.25, 0.3) is 0 Å². The number of aliphatic carboxylic acids is 1. The molecule has 0 saturated heterocycles. The van der Waals surface area contributed by atoms with Gasteiger partial charge in [-0.25, -0.2) is 0 Å². The molecule has 1 unspecified atom stereocenters. The van der Waals surface area contributed by atoms with E-state index in [1.165, 1.54) is 7.11 Å². The van der Waals surface area contributed by atoms with Crippen LogP contribution in [0.4, 0.5) is 0 Å². The molecule has 1 aliphatic rings. The third-order valence-corrected chi connectivity index (χ3v) is 3.04. The van der Waals surface area contributed by atoms with E-state index in [9.17, 15) is 4.79 Å². The lowest BCUT2D eigenvalue weighted by Gasteiger charge is -2.19. The number of hydrogen-bond donors (Lipinski definition) is 2. The lowest BCUT2D eigenvalue weighted by molar-refractivity contribution is -0.140. The molecule has 0 bridgehead atoms. The molecule has 1 aromatic carbocycles. The van der Waals surface area contributed by atoms with Crippen LogP contribution in [0.3, 0.4) is 0 Å². The first-order valence-electron chi connectivity index (χ1n) is 6.54. The van der Waals surface area contributed by atoms with Gasteiger partial charge in [-0.05, 0) is 24.1 Å². The van der Waals surface area contributed by atoms with Gasteiger partial charge in [0.1, 0.15) is 19.3 Å². The first-order chi connectivity index (χ1) is 9.70. The van der Waals surface area contributed by atoms with E-state index >= 15 is 0 Å². The zero-order chi connectivity index (χ0) is 14.4. The van der Waals surface area contributed by atoms with Gasteiger partial charge in [-0.2, -0.15) is 0 Å². The molecule has 0 fully saturated rings. The third-order valence-electron chi connectivity index (χ3n) is 3.04. The lowest BCUT2D eigenvalue weighted by atomic mass is 10.1. The second kappa shape index (κ2) is 7.12. The Kier molecular flexibility index (Phi) is 5.20. The number of hydrogen-bond acceptors (Lipinski definition) is 5. The summed E-state index contributed by atoms with van der Waals surface area (Å²) in [5.74, 6) is 0.602. The average molecular weight is 281 g/mol. The smallest absolute Gasteiger partial charge is 0.323 e. The van der Waals surface area contributed by atoms with Gasteiger partial charge in [-0.3, -0.25) is 4.79 Å². The number of methoxy groups -OCH3 is 1. The van der Waals surface area contributed by atoms with E-state index < -0.39 is 12.0 Å². The van der Waals surface area contributed by atoms with Gasteiger partial charge in [-0.15, -0.1) is 0 Å². The van der Waals surface area contributed by atoms with Crippen LogP contribution >= 0.6 is 0 Å². The van der Waals surface area contributed by atoms with E-state index in [0.29, 0.717) is 26.2 Å². The van der Waals surface area contributed by atoms with E-state index in [1.807, 2.05) is 18.2 Å². The van der Waals surface area contributed by atoms with E-state index in [0.717, 1.165) is 17.1 Å². The molecule has 2 rings (SSSR count). The molecule has 6 heteroatoms. The van der Waals surface area contributed by atoms with Crippen molar-refractivity contribution in [2.24, 2.45) is 0 Å². The molecule has 6 nitrogen and oxygen atoms in total. The van der Waals surface area contributed by atoms with Gasteiger partial charge < -0.3 is 24.6 Å². The molecule has 0 aromatic heterocycles. The van der Waals surface area contributed by atoms with Crippen molar-refractivity contribution in [2.75, 3.05) is 33.5 Å². The fourth-order valence-corrected chi connectivity index (χ4v) is 2.02. The topological polar surface area (TPSA) is 77.0 Å². The van der Waals surface area contributed by atoms with Crippen LogP contribution in [0.2, 0.25) is 0 Å². The molecule has 2 N–H and O–H groups in total. The standard InChI is InChI=1S/C14H19NO5/c1-18-9-11(14(16)17)15-5-4-10-2-3-12-13(8-10)20-7-6-19-12/h2-3,8,11,15H,4-7,9H2,1H3,(H,16,17). The Bertz CT molecular complexity index is 463. The highest BCUT2D eigenvalue weighted by Crippen LogP contribution is 2.30. The minimum atomic E-state index is -0.908. The predicted octanol–water partition coefficient (Wildman–Crippen LogP) is 0.689. The monoisotopic (exact) mass is 281 g/mol. The molecule has 0 saturated carbocycles. The molecule has 1 aromatic rings. The van der Waals surface area contributed by atoms with Crippen molar-refractivity contribution < 1.29 is 24.1 Å². The molecule has 0 aliphatic carbocycles. The average Bonchev–Trinajstić information content (AvgIpc) is 2.46. The summed E-state index contributed by atoms with van der Waals surface area (Å²) in [6.07, 6.45) is 0.712. The van der Waals surface area contributed by atoms with E-state index in [-0.39, 0.29) is 6.61 Å². The normalized spacial score (nSPS) is 14.8. The number of benzene rings is 1. The molecule has 0 amide bonds. The summed E-state index contributed by atoms with van der Waals surface area (Å²) in [7, 11) is 1.48. The van der Waals surface area contributed by atoms with Crippen LogP contribution in [-0.4, -0.2) is 50.6 Å². The van der Waals surface area contributed by atoms with E-state index in [4.69, 9.17) is 19.3 Å². The van der Waals surface area contributed by atoms with Crippen LogP contribution in [0.25, 0.3) is 0 Å². The van der Waals surface area contributed by atoms with Crippen LogP contribution in [0.15, 0.2) is 18.2 Å². The summed E-state index contributed by atoms with van der Waals surface area (Å²) < 4.78 is 15.8. The summed E-state index contributed by atoms with van der Waals surface area (Å²) in [5, 5.41) is 11.9. The van der Waals surface area contributed by atoms with Crippen molar-refractivity contribution in [3.8, 4) is 11.5 Å². The minimum absolute atomic E-state index is 0.149. The summed E-state index contributed by atoms with van der Waals surface area (Å²) in [4.78, 5) is 10.9. The van der Waals surface area contributed by atoms with Crippen molar-refractivity contribution in [3.05, 3.63) is 23.8 Å². The van der Waals surface area contributed by atoms with Crippen molar-refractivity contribution in [1.82, 2.24) is 5.32 Å². The maximum atomic E-state index is 10.9. The number of ether oxygens (including phenoxy) is 3. The SMILES string of the molecule is COCC(NCCc1ccc2c(c1)OCCO2)C(=O)O. The summed E-state index contributed by atoms with van der Waals surface area (Å²) in [6, 6.07) is 5.09. The number of carboxylic acid groups (broad SMARTS) is 1. The molecular weight excluding hydrogens is 262 g/mol. The van der Waals surface area contributed by atoms with Gasteiger partial charge in [0.2, 0.25) is 0 Å². The Morgan fingerprint density at radius 1 is 1.40 bits per heavy atom. The van der Waals surface area contributed by atoms with Crippen LogP contribution in [-0.2, 0) is 16.0 Å². The first kappa shape index (κ1) is 14.6. The fraction of sp³-hybridized carbons (Fsp3) is 0.500. The van der Waals surface area contributed by atoms with E-state index in [1.54, 1.807) is 0 Å². The van der Waals surface area contributed by atoms with Crippen molar-refractivity contribution in [2.45, 2.75) is 12.5 Å². The number of fused-ring (bicyclic) bond motifs is 1. The molecule has 1 atom stereocenters. The van der Waals surface area contributed by atoms with Gasteiger partial charge in [0.05, 0.1) is 6.61 Å². The fourth-order valence-electron chi connectivity index (χ4n) is 2.02. The second-order valence-electron chi connectivity index (χ2n) is 4.53. The zero-order valence-corrected chi connectivity index (χ0v) is 11.4. The first-order valence-corrected chi connectivity index (χ1v) is 6.54. The van der Waals surface area contributed by atoms with Gasteiger partial charge >= 0.3 is 5.97 Å². The Morgan fingerprint density at radius 3 is 2.85 bits per heavy atom. The minimum Gasteiger partial charge on any atom is -0.486 e. The molecule has 0 spiro atoms. The van der Waals surface area contributed by atoms with Crippen LogP contribution in [0.5, 0.6) is 11.5 Å². The molecule has 110 valence electrons. The number of carboxylic acids is 1. The largest absolute Gasteiger partial charge is 0.486 e. The Hall–Kier alpha value is -1.79. The van der Waals surface area contributed by atoms with Crippen molar-refractivity contribution >= 4 is 5.97 Å². The Morgan fingerprint density at radius 2 is 2.15 bits per heavy atom. The molecule has 1 heterocycles.